The summed E-state index contributed by atoms with van der Waals surface area (Å²) in [4.78, 5) is 12.8. The van der Waals surface area contributed by atoms with Gasteiger partial charge in [0.1, 0.15) is 0 Å². The van der Waals surface area contributed by atoms with Crippen molar-refractivity contribution < 1.29 is 4.79 Å². The van der Waals surface area contributed by atoms with Gasteiger partial charge in [-0.25, -0.2) is 0 Å². The Morgan fingerprint density at radius 3 is 2.94 bits per heavy atom. The standard InChI is InChI=1S/C14H13NOS/c16-14(13-6-3-9-17-13)15-12-8-7-10-4-1-2-5-11(10)12/h1-6,9,12H,7-8H2,(H,15,16). The molecule has 0 aliphatic heterocycles. The SMILES string of the molecule is O=C(NC1CCc2ccccc21)c1cccs1. The first kappa shape index (κ1) is 10.5. The van der Waals surface area contributed by atoms with E-state index in [1.165, 1.54) is 22.5 Å². The van der Waals surface area contributed by atoms with Gasteiger partial charge in [0.05, 0.1) is 10.9 Å². The number of carbonyl (C=O) groups is 1. The van der Waals surface area contributed by atoms with Gasteiger partial charge >= 0.3 is 0 Å². The van der Waals surface area contributed by atoms with E-state index in [0.717, 1.165) is 17.7 Å². The van der Waals surface area contributed by atoms with E-state index in [2.05, 4.69) is 23.5 Å². The van der Waals surface area contributed by atoms with Crippen LogP contribution in [0.2, 0.25) is 0 Å². The van der Waals surface area contributed by atoms with Crippen molar-refractivity contribution >= 4 is 17.2 Å². The van der Waals surface area contributed by atoms with E-state index in [1.54, 1.807) is 0 Å². The Labute approximate surface area is 104 Å². The lowest BCUT2D eigenvalue weighted by Gasteiger charge is -2.13. The Hall–Kier alpha value is -1.61. The van der Waals surface area contributed by atoms with Crippen molar-refractivity contribution in [1.82, 2.24) is 5.32 Å². The minimum absolute atomic E-state index is 0.0432. The van der Waals surface area contributed by atoms with Crippen LogP contribution < -0.4 is 5.32 Å². The van der Waals surface area contributed by atoms with Crippen LogP contribution in [0.5, 0.6) is 0 Å². The molecule has 0 radical (unpaired) electrons. The fourth-order valence-corrected chi connectivity index (χ4v) is 2.97. The number of fused-ring (bicyclic) bond motifs is 1. The van der Waals surface area contributed by atoms with Gasteiger partial charge in [-0.1, -0.05) is 30.3 Å². The van der Waals surface area contributed by atoms with Gasteiger partial charge in [-0.3, -0.25) is 4.79 Å². The number of nitrogens with one attached hydrogen (secondary N) is 1. The highest BCUT2D eigenvalue weighted by atomic mass is 32.1. The van der Waals surface area contributed by atoms with E-state index in [0.29, 0.717) is 0 Å². The highest BCUT2D eigenvalue weighted by Gasteiger charge is 2.23. The molecule has 1 aromatic heterocycles. The highest BCUT2D eigenvalue weighted by Crippen LogP contribution is 2.31. The molecule has 0 fully saturated rings. The van der Waals surface area contributed by atoms with Crippen LogP contribution in [0, 0.1) is 0 Å². The molecule has 1 amide bonds. The molecule has 1 heterocycles. The van der Waals surface area contributed by atoms with E-state index in [9.17, 15) is 4.79 Å². The summed E-state index contributed by atoms with van der Waals surface area (Å²) >= 11 is 1.48. The summed E-state index contributed by atoms with van der Waals surface area (Å²) in [6.45, 7) is 0. The average Bonchev–Trinajstić information content (AvgIpc) is 2.98. The number of thiophene rings is 1. The van der Waals surface area contributed by atoms with Crippen molar-refractivity contribution in [2.45, 2.75) is 18.9 Å². The zero-order valence-electron chi connectivity index (χ0n) is 9.35. The van der Waals surface area contributed by atoms with Crippen molar-refractivity contribution in [2.75, 3.05) is 0 Å². The van der Waals surface area contributed by atoms with E-state index in [4.69, 9.17) is 0 Å². The lowest BCUT2D eigenvalue weighted by atomic mass is 10.1. The van der Waals surface area contributed by atoms with Gasteiger partial charge in [0.25, 0.3) is 5.91 Å². The smallest absolute Gasteiger partial charge is 0.261 e. The molecule has 1 aromatic carbocycles. The van der Waals surface area contributed by atoms with Crippen LogP contribution >= 0.6 is 11.3 Å². The van der Waals surface area contributed by atoms with Gasteiger partial charge in [-0.15, -0.1) is 11.3 Å². The van der Waals surface area contributed by atoms with Crippen molar-refractivity contribution in [3.63, 3.8) is 0 Å². The second-order valence-electron chi connectivity index (χ2n) is 4.24. The first-order valence-corrected chi connectivity index (χ1v) is 6.65. The first-order chi connectivity index (χ1) is 8.34. The van der Waals surface area contributed by atoms with Crippen LogP contribution in [0.3, 0.4) is 0 Å². The van der Waals surface area contributed by atoms with E-state index in [1.807, 2.05) is 23.6 Å². The number of hydrogen-bond acceptors (Lipinski definition) is 2. The third-order valence-corrected chi connectivity index (χ3v) is 4.05. The summed E-state index contributed by atoms with van der Waals surface area (Å²) < 4.78 is 0. The molecule has 2 nitrogen and oxygen atoms in total. The second-order valence-corrected chi connectivity index (χ2v) is 5.19. The molecule has 0 saturated heterocycles. The first-order valence-electron chi connectivity index (χ1n) is 5.77. The topological polar surface area (TPSA) is 29.1 Å². The maximum absolute atomic E-state index is 12.0. The fraction of sp³-hybridized carbons (Fsp3) is 0.214. The van der Waals surface area contributed by atoms with Crippen molar-refractivity contribution in [2.24, 2.45) is 0 Å². The number of benzene rings is 1. The summed E-state index contributed by atoms with van der Waals surface area (Å²) in [5.41, 5.74) is 2.64. The molecule has 3 rings (SSSR count). The lowest BCUT2D eigenvalue weighted by molar-refractivity contribution is 0.0941. The monoisotopic (exact) mass is 243 g/mol. The number of carbonyl (C=O) groups excluding carboxylic acids is 1. The van der Waals surface area contributed by atoms with Crippen LogP contribution in [0.15, 0.2) is 41.8 Å². The largest absolute Gasteiger partial charge is 0.345 e. The molecular formula is C14H13NOS. The Kier molecular flexibility index (Phi) is 2.69. The van der Waals surface area contributed by atoms with Crippen LogP contribution in [0.4, 0.5) is 0 Å². The minimum atomic E-state index is 0.0432. The molecule has 1 unspecified atom stereocenters. The summed E-state index contributed by atoms with van der Waals surface area (Å²) in [6.07, 6.45) is 2.07. The van der Waals surface area contributed by atoms with Gasteiger partial charge in [0, 0.05) is 0 Å². The predicted molar refractivity (Wildman–Crippen MR) is 69.3 cm³/mol. The van der Waals surface area contributed by atoms with Gasteiger partial charge in [-0.2, -0.15) is 0 Å². The van der Waals surface area contributed by atoms with Gasteiger partial charge < -0.3 is 5.32 Å². The normalized spacial score (nSPS) is 17.8. The van der Waals surface area contributed by atoms with E-state index < -0.39 is 0 Å². The third-order valence-electron chi connectivity index (χ3n) is 3.18. The Morgan fingerprint density at radius 1 is 1.24 bits per heavy atom. The quantitative estimate of drug-likeness (QED) is 0.862. The molecule has 1 aliphatic carbocycles. The van der Waals surface area contributed by atoms with Gasteiger partial charge in [-0.05, 0) is 35.4 Å². The second kappa shape index (κ2) is 4.34. The van der Waals surface area contributed by atoms with E-state index >= 15 is 0 Å². The Morgan fingerprint density at radius 2 is 2.12 bits per heavy atom. The minimum Gasteiger partial charge on any atom is -0.345 e. The highest BCUT2D eigenvalue weighted by molar-refractivity contribution is 7.12. The molecule has 1 atom stereocenters. The van der Waals surface area contributed by atoms with E-state index in [-0.39, 0.29) is 11.9 Å². The molecule has 2 aromatic rings. The van der Waals surface area contributed by atoms with Crippen LogP contribution in [0.25, 0.3) is 0 Å². The summed E-state index contributed by atoms with van der Waals surface area (Å²) in [6, 6.07) is 12.3. The number of hydrogen-bond donors (Lipinski definition) is 1. The molecule has 1 N–H and O–H groups in total. The van der Waals surface area contributed by atoms with Gasteiger partial charge in [0.15, 0.2) is 0 Å². The lowest BCUT2D eigenvalue weighted by Crippen LogP contribution is -2.26. The van der Waals surface area contributed by atoms with Crippen LogP contribution in [-0.2, 0) is 6.42 Å². The van der Waals surface area contributed by atoms with Crippen molar-refractivity contribution in [3.05, 3.63) is 57.8 Å². The number of amides is 1. The maximum Gasteiger partial charge on any atom is 0.261 e. The maximum atomic E-state index is 12.0. The van der Waals surface area contributed by atoms with Crippen molar-refractivity contribution in [1.29, 1.82) is 0 Å². The predicted octanol–water partition coefficient (Wildman–Crippen LogP) is 3.17. The summed E-state index contributed by atoms with van der Waals surface area (Å²) in [7, 11) is 0. The van der Waals surface area contributed by atoms with Gasteiger partial charge in [0.2, 0.25) is 0 Å². The van der Waals surface area contributed by atoms with Crippen LogP contribution in [0.1, 0.15) is 33.3 Å². The molecule has 1 aliphatic rings. The molecular weight excluding hydrogens is 230 g/mol. The third kappa shape index (κ3) is 1.98. The zero-order chi connectivity index (χ0) is 11.7. The molecule has 3 heteroatoms. The Balaban J connectivity index is 1.78. The Bertz CT molecular complexity index is 533. The van der Waals surface area contributed by atoms with Crippen molar-refractivity contribution in [3.8, 4) is 0 Å². The molecule has 17 heavy (non-hydrogen) atoms. The number of aryl methyl sites for hydroxylation is 1. The molecule has 0 bridgehead atoms. The zero-order valence-corrected chi connectivity index (χ0v) is 10.2. The fourth-order valence-electron chi connectivity index (χ4n) is 2.34. The van der Waals surface area contributed by atoms with Crippen LogP contribution in [-0.4, -0.2) is 5.91 Å². The molecule has 86 valence electrons. The summed E-state index contributed by atoms with van der Waals surface area (Å²) in [5, 5.41) is 5.04. The average molecular weight is 243 g/mol. The number of rotatable bonds is 2. The summed E-state index contributed by atoms with van der Waals surface area (Å²) in [5.74, 6) is 0.0432. The molecule has 0 spiro atoms. The molecule has 0 saturated carbocycles.